The van der Waals surface area contributed by atoms with Gasteiger partial charge in [-0.15, -0.1) is 0 Å². The summed E-state index contributed by atoms with van der Waals surface area (Å²) in [5, 5.41) is 2.96. The number of amides is 1. The molecule has 0 atom stereocenters. The van der Waals surface area contributed by atoms with Crippen LogP contribution in [0.5, 0.6) is 0 Å². The number of piperidine rings is 1. The molecule has 0 radical (unpaired) electrons. The van der Waals surface area contributed by atoms with E-state index in [1.807, 2.05) is 0 Å². The standard InChI is InChI=1S/C25H38F2N2O/c1-23(2,3)13-16-29-17-14-24(27,15-18-29)19-28-22(30)25(11-5-4-6-12-25)20-7-9-21(26)10-8-20/h7-10H,4-6,11-19H2,1-3H3,(H,28,30). The molecule has 0 aromatic heterocycles. The molecule has 2 aliphatic rings. The van der Waals surface area contributed by atoms with Crippen LogP contribution in [0.1, 0.15) is 77.7 Å². The number of nitrogens with one attached hydrogen (secondary N) is 1. The lowest BCUT2D eigenvalue weighted by molar-refractivity contribution is -0.129. The molecule has 1 N–H and O–H groups in total. The Labute approximate surface area is 180 Å². The number of alkyl halides is 1. The first-order chi connectivity index (χ1) is 14.1. The Morgan fingerprint density at radius 3 is 2.20 bits per heavy atom. The highest BCUT2D eigenvalue weighted by Gasteiger charge is 2.43. The second-order valence-corrected chi connectivity index (χ2v) is 10.6. The average molecular weight is 421 g/mol. The summed E-state index contributed by atoms with van der Waals surface area (Å²) in [5.41, 5.74) is -0.860. The van der Waals surface area contributed by atoms with Gasteiger partial charge in [0.05, 0.1) is 12.0 Å². The van der Waals surface area contributed by atoms with Crippen LogP contribution in [0, 0.1) is 11.2 Å². The third-order valence-corrected chi connectivity index (χ3v) is 7.03. The monoisotopic (exact) mass is 420 g/mol. The summed E-state index contributed by atoms with van der Waals surface area (Å²) in [6.07, 6.45) is 6.54. The summed E-state index contributed by atoms with van der Waals surface area (Å²) in [7, 11) is 0. The topological polar surface area (TPSA) is 32.3 Å². The van der Waals surface area contributed by atoms with E-state index in [2.05, 4.69) is 31.0 Å². The third-order valence-electron chi connectivity index (χ3n) is 7.03. The van der Waals surface area contributed by atoms with Gasteiger partial charge in [-0.25, -0.2) is 8.78 Å². The normalized spacial score (nSPS) is 21.9. The fraction of sp³-hybridized carbons (Fsp3) is 0.720. The zero-order chi connectivity index (χ0) is 21.8. The zero-order valence-corrected chi connectivity index (χ0v) is 18.9. The van der Waals surface area contributed by atoms with E-state index in [0.717, 1.165) is 63.7 Å². The fourth-order valence-electron chi connectivity index (χ4n) is 4.83. The highest BCUT2D eigenvalue weighted by Crippen LogP contribution is 2.40. The van der Waals surface area contributed by atoms with Crippen LogP contribution in [0.2, 0.25) is 0 Å². The minimum absolute atomic E-state index is 0.0713. The van der Waals surface area contributed by atoms with Crippen LogP contribution in [0.4, 0.5) is 8.78 Å². The van der Waals surface area contributed by atoms with Crippen molar-refractivity contribution < 1.29 is 13.6 Å². The van der Waals surface area contributed by atoms with Crippen molar-refractivity contribution in [1.82, 2.24) is 10.2 Å². The highest BCUT2D eigenvalue weighted by atomic mass is 19.1. The maximum absolute atomic E-state index is 15.4. The predicted octanol–water partition coefficient (Wildman–Crippen LogP) is 5.38. The molecule has 1 saturated carbocycles. The summed E-state index contributed by atoms with van der Waals surface area (Å²) < 4.78 is 28.9. The zero-order valence-electron chi connectivity index (χ0n) is 18.9. The Morgan fingerprint density at radius 2 is 1.63 bits per heavy atom. The molecule has 1 aliphatic carbocycles. The van der Waals surface area contributed by atoms with Crippen LogP contribution in [0.25, 0.3) is 0 Å². The Morgan fingerprint density at radius 1 is 1.03 bits per heavy atom. The molecule has 2 fully saturated rings. The number of carbonyl (C=O) groups excluding carboxylic acids is 1. The number of benzene rings is 1. The van der Waals surface area contributed by atoms with E-state index >= 15 is 4.39 Å². The molecule has 30 heavy (non-hydrogen) atoms. The van der Waals surface area contributed by atoms with Crippen molar-refractivity contribution >= 4 is 5.91 Å². The fourth-order valence-corrected chi connectivity index (χ4v) is 4.83. The molecular formula is C25H38F2N2O. The van der Waals surface area contributed by atoms with Gasteiger partial charge in [0.2, 0.25) is 5.91 Å². The number of nitrogens with zero attached hydrogens (tertiary/aromatic N) is 1. The Hall–Kier alpha value is -1.49. The largest absolute Gasteiger partial charge is 0.352 e. The Bertz CT molecular complexity index is 697. The first kappa shape index (κ1) is 23.2. The Balaban J connectivity index is 1.58. The van der Waals surface area contributed by atoms with Gasteiger partial charge in [-0.3, -0.25) is 4.79 Å². The molecule has 0 bridgehead atoms. The quantitative estimate of drug-likeness (QED) is 0.670. The molecule has 1 heterocycles. The number of halogens is 2. The molecule has 1 aromatic rings. The molecule has 0 spiro atoms. The lowest BCUT2D eigenvalue weighted by atomic mass is 9.68. The summed E-state index contributed by atoms with van der Waals surface area (Å²) in [6.45, 7) is 9.25. The smallest absolute Gasteiger partial charge is 0.230 e. The number of rotatable bonds is 6. The molecule has 5 heteroatoms. The van der Waals surface area contributed by atoms with Crippen molar-refractivity contribution in [1.29, 1.82) is 0 Å². The van der Waals surface area contributed by atoms with E-state index in [0.29, 0.717) is 12.8 Å². The summed E-state index contributed by atoms with van der Waals surface area (Å²) in [4.78, 5) is 15.6. The molecule has 1 aromatic carbocycles. The van der Waals surface area contributed by atoms with Crippen molar-refractivity contribution in [2.24, 2.45) is 5.41 Å². The van der Waals surface area contributed by atoms with Crippen molar-refractivity contribution in [3.8, 4) is 0 Å². The molecule has 168 valence electrons. The van der Waals surface area contributed by atoms with Gasteiger partial charge in [0, 0.05) is 13.1 Å². The van der Waals surface area contributed by atoms with E-state index in [9.17, 15) is 9.18 Å². The van der Waals surface area contributed by atoms with E-state index in [1.54, 1.807) is 12.1 Å². The van der Waals surface area contributed by atoms with Gasteiger partial charge in [-0.2, -0.15) is 0 Å². The van der Waals surface area contributed by atoms with Crippen LogP contribution in [0.3, 0.4) is 0 Å². The maximum Gasteiger partial charge on any atom is 0.230 e. The average Bonchev–Trinajstić information content (AvgIpc) is 2.72. The van der Waals surface area contributed by atoms with Crippen molar-refractivity contribution in [3.63, 3.8) is 0 Å². The van der Waals surface area contributed by atoms with Crippen molar-refractivity contribution in [2.45, 2.75) is 83.2 Å². The Kier molecular flexibility index (Phi) is 7.21. The van der Waals surface area contributed by atoms with Crippen molar-refractivity contribution in [2.75, 3.05) is 26.2 Å². The van der Waals surface area contributed by atoms with Crippen molar-refractivity contribution in [3.05, 3.63) is 35.6 Å². The van der Waals surface area contributed by atoms with Gasteiger partial charge < -0.3 is 10.2 Å². The van der Waals surface area contributed by atoms with Gasteiger partial charge in [-0.05, 0) is 61.8 Å². The number of carbonyl (C=O) groups is 1. The first-order valence-electron chi connectivity index (χ1n) is 11.6. The van der Waals surface area contributed by atoms with E-state index < -0.39 is 11.1 Å². The lowest BCUT2D eigenvalue weighted by Gasteiger charge is -2.40. The number of likely N-dealkylation sites (tertiary alicyclic amines) is 1. The van der Waals surface area contributed by atoms with Gasteiger partial charge in [0.15, 0.2) is 0 Å². The van der Waals surface area contributed by atoms with Gasteiger partial charge in [0.1, 0.15) is 11.5 Å². The summed E-state index contributed by atoms with van der Waals surface area (Å²) in [5.74, 6) is -0.396. The second kappa shape index (κ2) is 9.33. The van der Waals surface area contributed by atoms with Crippen LogP contribution in [0.15, 0.2) is 24.3 Å². The van der Waals surface area contributed by atoms with Gasteiger partial charge >= 0.3 is 0 Å². The molecule has 1 amide bonds. The highest BCUT2D eigenvalue weighted by molar-refractivity contribution is 5.88. The van der Waals surface area contributed by atoms with E-state index in [4.69, 9.17) is 0 Å². The van der Waals surface area contributed by atoms with E-state index in [1.165, 1.54) is 12.1 Å². The number of hydrogen-bond acceptors (Lipinski definition) is 2. The molecule has 3 rings (SSSR count). The van der Waals surface area contributed by atoms with Crippen LogP contribution >= 0.6 is 0 Å². The summed E-state index contributed by atoms with van der Waals surface area (Å²) in [6, 6.07) is 6.28. The lowest BCUT2D eigenvalue weighted by Crippen LogP contribution is -2.52. The second-order valence-electron chi connectivity index (χ2n) is 10.6. The van der Waals surface area contributed by atoms with Crippen LogP contribution in [-0.4, -0.2) is 42.7 Å². The van der Waals surface area contributed by atoms with E-state index in [-0.39, 0.29) is 23.7 Å². The first-order valence-corrected chi connectivity index (χ1v) is 11.6. The minimum atomic E-state index is -1.34. The SMILES string of the molecule is CC(C)(C)CCN1CCC(F)(CNC(=O)C2(c3ccc(F)cc3)CCCCC2)CC1. The van der Waals surface area contributed by atoms with Crippen LogP contribution < -0.4 is 5.32 Å². The minimum Gasteiger partial charge on any atom is -0.352 e. The molecular weight excluding hydrogens is 382 g/mol. The molecule has 0 unspecified atom stereocenters. The van der Waals surface area contributed by atoms with Gasteiger partial charge in [-0.1, -0.05) is 52.2 Å². The molecule has 1 saturated heterocycles. The van der Waals surface area contributed by atoms with Gasteiger partial charge in [0.25, 0.3) is 0 Å². The maximum atomic E-state index is 15.4. The predicted molar refractivity (Wildman–Crippen MR) is 118 cm³/mol. The molecule has 1 aliphatic heterocycles. The summed E-state index contributed by atoms with van der Waals surface area (Å²) >= 11 is 0. The van der Waals surface area contributed by atoms with Crippen LogP contribution in [-0.2, 0) is 10.2 Å². The molecule has 3 nitrogen and oxygen atoms in total. The third kappa shape index (κ3) is 5.81. The number of hydrogen-bond donors (Lipinski definition) is 1.